The average Bonchev–Trinajstić information content (AvgIpc) is 2.76. The number of carbonyl (C=O) groups excluding carboxylic acids is 2. The lowest BCUT2D eigenvalue weighted by atomic mass is 10.1. The number of fused-ring (bicyclic) bond motifs is 1. The molecule has 1 aliphatic heterocycles. The molecule has 1 heterocycles. The number of rotatable bonds is 3. The van der Waals surface area contributed by atoms with E-state index in [2.05, 4.69) is 5.32 Å². The van der Waals surface area contributed by atoms with E-state index in [1.165, 1.54) is 6.92 Å². The van der Waals surface area contributed by atoms with Crippen molar-refractivity contribution in [1.29, 1.82) is 0 Å². The summed E-state index contributed by atoms with van der Waals surface area (Å²) in [6, 6.07) is 12.6. The first-order chi connectivity index (χ1) is 11.0. The van der Waals surface area contributed by atoms with Gasteiger partial charge in [-0.25, -0.2) is 0 Å². The van der Waals surface area contributed by atoms with E-state index in [0.717, 1.165) is 22.4 Å². The van der Waals surface area contributed by atoms with Crippen LogP contribution in [0.4, 0.5) is 5.69 Å². The fourth-order valence-corrected chi connectivity index (χ4v) is 3.17. The maximum Gasteiger partial charge on any atom is 0.254 e. The number of halogens is 1. The quantitative estimate of drug-likeness (QED) is 0.939. The molecule has 1 aliphatic rings. The smallest absolute Gasteiger partial charge is 0.254 e. The first-order valence-electron chi connectivity index (χ1n) is 7.40. The molecule has 0 fully saturated rings. The maximum atomic E-state index is 12.8. The Balaban J connectivity index is 2.03. The number of anilines is 1. The Morgan fingerprint density at radius 2 is 1.96 bits per heavy atom. The number of benzene rings is 2. The van der Waals surface area contributed by atoms with Crippen molar-refractivity contribution in [2.24, 2.45) is 0 Å². The van der Waals surface area contributed by atoms with Crippen LogP contribution in [0.15, 0.2) is 42.5 Å². The molecule has 118 valence electrons. The summed E-state index contributed by atoms with van der Waals surface area (Å²) in [5.74, 6) is -0.361. The molecule has 5 heteroatoms. The summed E-state index contributed by atoms with van der Waals surface area (Å²) in [5.41, 5.74) is 3.56. The minimum Gasteiger partial charge on any atom is -0.341 e. The third-order valence-corrected chi connectivity index (χ3v) is 4.37. The van der Waals surface area contributed by atoms with E-state index in [1.54, 1.807) is 4.90 Å². The van der Waals surface area contributed by atoms with Gasteiger partial charge < -0.3 is 10.2 Å². The van der Waals surface area contributed by atoms with E-state index < -0.39 is 6.04 Å². The molecule has 4 nitrogen and oxygen atoms in total. The predicted octanol–water partition coefficient (Wildman–Crippen LogP) is 3.37. The van der Waals surface area contributed by atoms with Crippen LogP contribution in [0, 0.1) is 6.92 Å². The van der Waals surface area contributed by atoms with Crippen molar-refractivity contribution in [3.05, 3.63) is 64.2 Å². The summed E-state index contributed by atoms with van der Waals surface area (Å²) in [7, 11) is 0. The van der Waals surface area contributed by atoms with Gasteiger partial charge in [0.2, 0.25) is 5.91 Å². The van der Waals surface area contributed by atoms with Gasteiger partial charge in [-0.1, -0.05) is 48.0 Å². The van der Waals surface area contributed by atoms with Crippen LogP contribution in [-0.4, -0.2) is 11.8 Å². The summed E-state index contributed by atoms with van der Waals surface area (Å²) < 4.78 is 0. The zero-order valence-corrected chi connectivity index (χ0v) is 13.7. The molecule has 23 heavy (non-hydrogen) atoms. The van der Waals surface area contributed by atoms with Crippen LogP contribution < -0.4 is 10.2 Å². The largest absolute Gasteiger partial charge is 0.341 e. The van der Waals surface area contributed by atoms with E-state index in [9.17, 15) is 9.59 Å². The Morgan fingerprint density at radius 1 is 1.22 bits per heavy atom. The van der Waals surface area contributed by atoms with Gasteiger partial charge in [-0.3, -0.25) is 9.59 Å². The fraction of sp³-hybridized carbons (Fsp3) is 0.222. The van der Waals surface area contributed by atoms with Gasteiger partial charge in [-0.2, -0.15) is 0 Å². The van der Waals surface area contributed by atoms with Gasteiger partial charge >= 0.3 is 0 Å². The molecule has 0 aromatic heterocycles. The van der Waals surface area contributed by atoms with Crippen molar-refractivity contribution in [1.82, 2.24) is 5.32 Å². The van der Waals surface area contributed by atoms with Crippen LogP contribution in [0.3, 0.4) is 0 Å². The number of carbonyl (C=O) groups is 2. The molecule has 2 amide bonds. The first-order valence-corrected chi connectivity index (χ1v) is 7.78. The van der Waals surface area contributed by atoms with Crippen molar-refractivity contribution >= 4 is 29.1 Å². The highest BCUT2D eigenvalue weighted by Crippen LogP contribution is 2.39. The Bertz CT molecular complexity index is 788. The lowest BCUT2D eigenvalue weighted by molar-refractivity contribution is -0.126. The number of hydrogen-bond donors (Lipinski definition) is 1. The zero-order valence-electron chi connectivity index (χ0n) is 13.0. The highest BCUT2D eigenvalue weighted by Gasteiger charge is 2.38. The van der Waals surface area contributed by atoms with Crippen molar-refractivity contribution in [2.45, 2.75) is 26.4 Å². The fourth-order valence-electron chi connectivity index (χ4n) is 2.98. The molecule has 0 spiro atoms. The highest BCUT2D eigenvalue weighted by molar-refractivity contribution is 6.31. The topological polar surface area (TPSA) is 49.4 Å². The van der Waals surface area contributed by atoms with Gasteiger partial charge in [0.15, 0.2) is 0 Å². The SMILES string of the molecule is CC(=O)NC1C(=O)N(Cc2ccccc2Cl)c2c(C)cccc21. The number of hydrogen-bond acceptors (Lipinski definition) is 2. The molecule has 0 aliphatic carbocycles. The molecule has 1 unspecified atom stereocenters. The standard InChI is InChI=1S/C18H17ClN2O2/c1-11-6-5-8-14-16(20-12(2)22)18(23)21(17(11)14)10-13-7-3-4-9-15(13)19/h3-9,16H,10H2,1-2H3,(H,20,22). The van der Waals surface area contributed by atoms with Crippen molar-refractivity contribution in [3.8, 4) is 0 Å². The normalized spacial score (nSPS) is 16.4. The Kier molecular flexibility index (Phi) is 4.09. The average molecular weight is 329 g/mol. The Morgan fingerprint density at radius 3 is 2.65 bits per heavy atom. The van der Waals surface area contributed by atoms with Crippen LogP contribution in [0.2, 0.25) is 5.02 Å². The summed E-state index contributed by atoms with van der Waals surface area (Å²) in [6.45, 7) is 3.76. The van der Waals surface area contributed by atoms with Gasteiger partial charge in [0, 0.05) is 17.5 Å². The van der Waals surface area contributed by atoms with Crippen LogP contribution in [-0.2, 0) is 16.1 Å². The van der Waals surface area contributed by atoms with Crippen LogP contribution in [0.25, 0.3) is 0 Å². The third kappa shape index (κ3) is 2.82. The molecule has 3 rings (SSSR count). The molecule has 0 saturated carbocycles. The Hall–Kier alpha value is -2.33. The molecule has 2 aromatic carbocycles. The third-order valence-electron chi connectivity index (χ3n) is 4.00. The lowest BCUT2D eigenvalue weighted by Gasteiger charge is -2.20. The van der Waals surface area contributed by atoms with E-state index >= 15 is 0 Å². The van der Waals surface area contributed by atoms with Crippen LogP contribution >= 0.6 is 11.6 Å². The second kappa shape index (κ2) is 6.05. The van der Waals surface area contributed by atoms with Gasteiger partial charge in [0.25, 0.3) is 5.91 Å². The molecule has 0 bridgehead atoms. The summed E-state index contributed by atoms with van der Waals surface area (Å²) in [6.07, 6.45) is 0. The van der Waals surface area contributed by atoms with E-state index in [1.807, 2.05) is 49.4 Å². The summed E-state index contributed by atoms with van der Waals surface area (Å²) >= 11 is 6.23. The molecule has 0 radical (unpaired) electrons. The summed E-state index contributed by atoms with van der Waals surface area (Å²) in [4.78, 5) is 26.0. The number of nitrogens with one attached hydrogen (secondary N) is 1. The van der Waals surface area contributed by atoms with Crippen molar-refractivity contribution in [3.63, 3.8) is 0 Å². The minimum absolute atomic E-state index is 0.135. The second-order valence-corrected chi connectivity index (χ2v) is 6.07. The number of aryl methyl sites for hydroxylation is 1. The molecular formula is C18H17ClN2O2. The minimum atomic E-state index is -0.634. The van der Waals surface area contributed by atoms with Crippen LogP contribution in [0.5, 0.6) is 0 Å². The van der Waals surface area contributed by atoms with E-state index in [-0.39, 0.29) is 11.8 Å². The van der Waals surface area contributed by atoms with Gasteiger partial charge in [0.05, 0.1) is 12.2 Å². The van der Waals surface area contributed by atoms with Gasteiger partial charge in [0.1, 0.15) is 6.04 Å². The zero-order chi connectivity index (χ0) is 16.6. The molecule has 0 saturated heterocycles. The second-order valence-electron chi connectivity index (χ2n) is 5.66. The Labute approximate surface area is 140 Å². The van der Waals surface area contributed by atoms with Crippen LogP contribution in [0.1, 0.15) is 29.7 Å². The highest BCUT2D eigenvalue weighted by atomic mass is 35.5. The molecular weight excluding hydrogens is 312 g/mol. The van der Waals surface area contributed by atoms with E-state index in [4.69, 9.17) is 11.6 Å². The molecule has 2 aromatic rings. The van der Waals surface area contributed by atoms with E-state index in [0.29, 0.717) is 11.6 Å². The van der Waals surface area contributed by atoms with Crippen molar-refractivity contribution < 1.29 is 9.59 Å². The number of para-hydroxylation sites is 1. The van der Waals surface area contributed by atoms with Crippen molar-refractivity contribution in [2.75, 3.05) is 4.90 Å². The summed E-state index contributed by atoms with van der Waals surface area (Å²) in [5, 5.41) is 3.37. The molecule has 1 atom stereocenters. The lowest BCUT2D eigenvalue weighted by Crippen LogP contribution is -2.36. The number of nitrogens with zero attached hydrogens (tertiary/aromatic N) is 1. The monoisotopic (exact) mass is 328 g/mol. The van der Waals surface area contributed by atoms with Gasteiger partial charge in [-0.15, -0.1) is 0 Å². The van der Waals surface area contributed by atoms with Gasteiger partial charge in [-0.05, 0) is 24.1 Å². The molecule has 1 N–H and O–H groups in total. The number of amides is 2. The predicted molar refractivity (Wildman–Crippen MR) is 90.4 cm³/mol. The first kappa shape index (κ1) is 15.6. The maximum absolute atomic E-state index is 12.8.